The van der Waals surface area contributed by atoms with Crippen LogP contribution in [0.5, 0.6) is 5.75 Å². The van der Waals surface area contributed by atoms with Gasteiger partial charge in [0.05, 0.1) is 6.61 Å². The van der Waals surface area contributed by atoms with Gasteiger partial charge in [-0.05, 0) is 18.2 Å². The first-order chi connectivity index (χ1) is 5.74. The Kier molecular flexibility index (Phi) is 3.14. The summed E-state index contributed by atoms with van der Waals surface area (Å²) in [4.78, 5) is 0. The van der Waals surface area contributed by atoms with E-state index in [1.54, 1.807) is 24.3 Å². The summed E-state index contributed by atoms with van der Waals surface area (Å²) in [5.41, 5.74) is 0.647. The molecule has 0 aromatic heterocycles. The summed E-state index contributed by atoms with van der Waals surface area (Å²) >= 11 is 5.62. The minimum atomic E-state index is -0.0396. The number of hydrogen-bond acceptors (Lipinski definition) is 2. The number of aliphatic hydroxyl groups is 1. The summed E-state index contributed by atoms with van der Waals surface area (Å²) in [5.74, 6) is 0.118. The van der Waals surface area contributed by atoms with Crippen molar-refractivity contribution in [1.29, 1.82) is 0 Å². The molecule has 0 fully saturated rings. The van der Waals surface area contributed by atoms with Crippen LogP contribution >= 0.6 is 11.6 Å². The van der Waals surface area contributed by atoms with Gasteiger partial charge in [-0.25, -0.2) is 0 Å². The molecule has 0 atom stereocenters. The van der Waals surface area contributed by atoms with Crippen LogP contribution in [0.3, 0.4) is 0 Å². The van der Waals surface area contributed by atoms with Crippen molar-refractivity contribution >= 4 is 17.7 Å². The van der Waals surface area contributed by atoms with Crippen LogP contribution in [-0.4, -0.2) is 16.8 Å². The van der Waals surface area contributed by atoms with Gasteiger partial charge in [0.25, 0.3) is 0 Å². The standard InChI is InChI=1S/C9H9ClO2/c10-8-4-3-7(2-1-5-11)9(12)6-8/h1-4,6,11-12H,5H2. The van der Waals surface area contributed by atoms with Crippen LogP contribution in [0.25, 0.3) is 6.08 Å². The van der Waals surface area contributed by atoms with Crippen LogP contribution in [0.15, 0.2) is 24.3 Å². The number of aromatic hydroxyl groups is 1. The van der Waals surface area contributed by atoms with Gasteiger partial charge in [0.1, 0.15) is 5.75 Å². The molecule has 0 saturated heterocycles. The van der Waals surface area contributed by atoms with Crippen molar-refractivity contribution in [2.24, 2.45) is 0 Å². The third kappa shape index (κ3) is 2.26. The first kappa shape index (κ1) is 9.10. The predicted octanol–water partition coefficient (Wildman–Crippen LogP) is 2.05. The Morgan fingerprint density at radius 2 is 2.17 bits per heavy atom. The first-order valence-corrected chi connectivity index (χ1v) is 3.88. The van der Waals surface area contributed by atoms with Crippen LogP contribution in [0.1, 0.15) is 5.56 Å². The van der Waals surface area contributed by atoms with Gasteiger partial charge >= 0.3 is 0 Å². The van der Waals surface area contributed by atoms with E-state index in [4.69, 9.17) is 16.7 Å². The van der Waals surface area contributed by atoms with E-state index in [0.29, 0.717) is 10.6 Å². The van der Waals surface area contributed by atoms with Gasteiger partial charge < -0.3 is 10.2 Å². The third-order valence-corrected chi connectivity index (χ3v) is 1.63. The number of aliphatic hydroxyl groups excluding tert-OH is 1. The maximum atomic E-state index is 9.30. The summed E-state index contributed by atoms with van der Waals surface area (Å²) in [7, 11) is 0. The van der Waals surface area contributed by atoms with Crippen LogP contribution in [0.4, 0.5) is 0 Å². The number of hydrogen-bond donors (Lipinski definition) is 2. The van der Waals surface area contributed by atoms with E-state index in [-0.39, 0.29) is 12.4 Å². The lowest BCUT2D eigenvalue weighted by Gasteiger charge is -1.98. The SMILES string of the molecule is OCC=Cc1ccc(Cl)cc1O. The number of halogens is 1. The maximum Gasteiger partial charge on any atom is 0.124 e. The number of phenolic OH excluding ortho intramolecular Hbond substituents is 1. The minimum absolute atomic E-state index is 0.0396. The Morgan fingerprint density at radius 3 is 2.75 bits per heavy atom. The second-order valence-electron chi connectivity index (χ2n) is 2.29. The average molecular weight is 185 g/mol. The summed E-state index contributed by atoms with van der Waals surface area (Å²) in [6, 6.07) is 4.82. The van der Waals surface area contributed by atoms with Gasteiger partial charge in [-0.1, -0.05) is 23.8 Å². The van der Waals surface area contributed by atoms with Gasteiger partial charge in [-0.3, -0.25) is 0 Å². The number of rotatable bonds is 2. The topological polar surface area (TPSA) is 40.5 Å². The molecule has 2 nitrogen and oxygen atoms in total. The lowest BCUT2D eigenvalue weighted by molar-refractivity contribution is 0.343. The lowest BCUT2D eigenvalue weighted by atomic mass is 10.2. The second kappa shape index (κ2) is 4.14. The van der Waals surface area contributed by atoms with E-state index >= 15 is 0 Å². The highest BCUT2D eigenvalue weighted by molar-refractivity contribution is 6.30. The molecule has 0 aliphatic heterocycles. The molecule has 0 amide bonds. The molecule has 0 aliphatic carbocycles. The van der Waals surface area contributed by atoms with Crippen molar-refractivity contribution in [3.63, 3.8) is 0 Å². The van der Waals surface area contributed by atoms with Crippen molar-refractivity contribution in [1.82, 2.24) is 0 Å². The molecule has 0 bridgehead atoms. The van der Waals surface area contributed by atoms with Crippen molar-refractivity contribution in [2.45, 2.75) is 0 Å². The Bertz CT molecular complexity index is 295. The molecule has 0 aliphatic rings. The Labute approximate surface area is 75.7 Å². The van der Waals surface area contributed by atoms with Crippen LogP contribution in [0, 0.1) is 0 Å². The molecule has 12 heavy (non-hydrogen) atoms. The second-order valence-corrected chi connectivity index (χ2v) is 2.72. The Hall–Kier alpha value is -0.990. The fourth-order valence-electron chi connectivity index (χ4n) is 0.837. The van der Waals surface area contributed by atoms with E-state index in [1.165, 1.54) is 6.07 Å². The van der Waals surface area contributed by atoms with E-state index < -0.39 is 0 Å². The van der Waals surface area contributed by atoms with Crippen molar-refractivity contribution in [2.75, 3.05) is 6.61 Å². The molecule has 0 heterocycles. The third-order valence-electron chi connectivity index (χ3n) is 1.40. The molecular weight excluding hydrogens is 176 g/mol. The molecule has 0 spiro atoms. The van der Waals surface area contributed by atoms with Gasteiger partial charge in [-0.2, -0.15) is 0 Å². The Morgan fingerprint density at radius 1 is 1.42 bits per heavy atom. The normalized spacial score (nSPS) is 10.8. The fourth-order valence-corrected chi connectivity index (χ4v) is 1.00. The number of benzene rings is 1. The molecule has 1 aromatic rings. The van der Waals surface area contributed by atoms with Gasteiger partial charge in [0.2, 0.25) is 0 Å². The number of phenols is 1. The highest BCUT2D eigenvalue weighted by Gasteiger charge is 1.96. The van der Waals surface area contributed by atoms with Gasteiger partial charge in [0, 0.05) is 10.6 Å². The first-order valence-electron chi connectivity index (χ1n) is 3.50. The molecule has 1 aromatic carbocycles. The highest BCUT2D eigenvalue weighted by atomic mass is 35.5. The van der Waals surface area contributed by atoms with Crippen molar-refractivity contribution in [3.05, 3.63) is 34.9 Å². The quantitative estimate of drug-likeness (QED) is 0.739. The molecular formula is C9H9ClO2. The molecule has 3 heteroatoms. The zero-order valence-corrected chi connectivity index (χ0v) is 7.12. The van der Waals surface area contributed by atoms with Crippen LogP contribution in [0.2, 0.25) is 5.02 Å². The van der Waals surface area contributed by atoms with Gasteiger partial charge in [0.15, 0.2) is 0 Å². The minimum Gasteiger partial charge on any atom is -0.507 e. The predicted molar refractivity (Wildman–Crippen MR) is 49.2 cm³/mol. The summed E-state index contributed by atoms with van der Waals surface area (Å²) in [6.07, 6.45) is 3.18. The van der Waals surface area contributed by atoms with Crippen molar-refractivity contribution < 1.29 is 10.2 Å². The Balaban J connectivity index is 2.94. The summed E-state index contributed by atoms with van der Waals surface area (Å²) < 4.78 is 0. The monoisotopic (exact) mass is 184 g/mol. The molecule has 0 saturated carbocycles. The summed E-state index contributed by atoms with van der Waals surface area (Å²) in [6.45, 7) is -0.0396. The smallest absolute Gasteiger partial charge is 0.124 e. The van der Waals surface area contributed by atoms with Crippen LogP contribution in [-0.2, 0) is 0 Å². The highest BCUT2D eigenvalue weighted by Crippen LogP contribution is 2.22. The van der Waals surface area contributed by atoms with E-state index in [1.807, 2.05) is 0 Å². The molecule has 2 N–H and O–H groups in total. The van der Waals surface area contributed by atoms with Gasteiger partial charge in [-0.15, -0.1) is 0 Å². The zero-order chi connectivity index (χ0) is 8.97. The average Bonchev–Trinajstić information content (AvgIpc) is 2.03. The summed E-state index contributed by atoms with van der Waals surface area (Å²) in [5, 5.41) is 18.3. The zero-order valence-electron chi connectivity index (χ0n) is 6.37. The van der Waals surface area contributed by atoms with Crippen molar-refractivity contribution in [3.8, 4) is 5.75 Å². The molecule has 64 valence electrons. The van der Waals surface area contributed by atoms with E-state index in [2.05, 4.69) is 0 Å². The largest absolute Gasteiger partial charge is 0.507 e. The molecule has 0 radical (unpaired) electrons. The van der Waals surface area contributed by atoms with E-state index in [9.17, 15) is 5.11 Å². The molecule has 0 unspecified atom stereocenters. The fraction of sp³-hybridized carbons (Fsp3) is 0.111. The molecule has 1 rings (SSSR count). The van der Waals surface area contributed by atoms with Crippen LogP contribution < -0.4 is 0 Å². The lowest BCUT2D eigenvalue weighted by Crippen LogP contribution is -1.76. The van der Waals surface area contributed by atoms with E-state index in [0.717, 1.165) is 0 Å². The maximum absolute atomic E-state index is 9.30.